The van der Waals surface area contributed by atoms with E-state index in [1.807, 2.05) is 6.07 Å². The first-order chi connectivity index (χ1) is 13.6. The molecule has 28 heavy (non-hydrogen) atoms. The van der Waals surface area contributed by atoms with Crippen molar-refractivity contribution in [1.82, 2.24) is 9.97 Å². The molecule has 0 aliphatic carbocycles. The number of nitrogens with zero attached hydrogens (tertiary/aromatic N) is 4. The molecule has 2 aromatic carbocycles. The summed E-state index contributed by atoms with van der Waals surface area (Å²) >= 11 is 0. The highest BCUT2D eigenvalue weighted by molar-refractivity contribution is 5.81. The molecule has 142 valence electrons. The Kier molecular flexibility index (Phi) is 5.75. The van der Waals surface area contributed by atoms with Gasteiger partial charge in [0.25, 0.3) is 5.69 Å². The van der Waals surface area contributed by atoms with Gasteiger partial charge in [0.2, 0.25) is 5.95 Å². The van der Waals surface area contributed by atoms with E-state index in [-0.39, 0.29) is 5.69 Å². The van der Waals surface area contributed by atoms with Crippen LogP contribution in [0.15, 0.2) is 60.0 Å². The smallest absolute Gasteiger partial charge is 0.269 e. The summed E-state index contributed by atoms with van der Waals surface area (Å²) in [7, 11) is 3.14. The first kappa shape index (κ1) is 18.8. The van der Waals surface area contributed by atoms with Crippen molar-refractivity contribution in [1.29, 1.82) is 0 Å². The van der Waals surface area contributed by atoms with Crippen molar-refractivity contribution in [3.8, 4) is 22.6 Å². The van der Waals surface area contributed by atoms with Crippen LogP contribution >= 0.6 is 0 Å². The van der Waals surface area contributed by atoms with Gasteiger partial charge in [-0.05, 0) is 41.5 Å². The second-order valence-electron chi connectivity index (χ2n) is 5.58. The molecule has 0 atom stereocenters. The highest BCUT2D eigenvalue weighted by atomic mass is 16.6. The van der Waals surface area contributed by atoms with E-state index in [0.29, 0.717) is 17.4 Å². The van der Waals surface area contributed by atoms with Gasteiger partial charge in [-0.1, -0.05) is 0 Å². The zero-order valence-electron chi connectivity index (χ0n) is 15.2. The fourth-order valence-electron chi connectivity index (χ4n) is 2.41. The summed E-state index contributed by atoms with van der Waals surface area (Å²) < 4.78 is 10.4. The van der Waals surface area contributed by atoms with E-state index in [4.69, 9.17) is 9.47 Å². The molecule has 1 heterocycles. The van der Waals surface area contributed by atoms with Crippen LogP contribution in [0.5, 0.6) is 11.5 Å². The van der Waals surface area contributed by atoms with Gasteiger partial charge in [-0.3, -0.25) is 10.1 Å². The molecule has 9 nitrogen and oxygen atoms in total. The minimum Gasteiger partial charge on any atom is -0.493 e. The van der Waals surface area contributed by atoms with Gasteiger partial charge in [-0.2, -0.15) is 5.10 Å². The van der Waals surface area contributed by atoms with Crippen LogP contribution in [0.4, 0.5) is 11.6 Å². The number of hydrogen-bond acceptors (Lipinski definition) is 8. The molecule has 0 radical (unpaired) electrons. The maximum absolute atomic E-state index is 10.7. The largest absolute Gasteiger partial charge is 0.493 e. The van der Waals surface area contributed by atoms with E-state index in [2.05, 4.69) is 20.5 Å². The van der Waals surface area contributed by atoms with Crippen LogP contribution in [0.2, 0.25) is 0 Å². The predicted molar refractivity (Wildman–Crippen MR) is 105 cm³/mol. The summed E-state index contributed by atoms with van der Waals surface area (Å²) in [5.74, 6) is 1.57. The number of nitro groups is 1. The van der Waals surface area contributed by atoms with E-state index >= 15 is 0 Å². The number of aromatic nitrogens is 2. The lowest BCUT2D eigenvalue weighted by molar-refractivity contribution is -0.384. The second-order valence-corrected chi connectivity index (χ2v) is 5.58. The standard InChI is InChI=1S/C19H17N5O4/c1-27-17-8-3-13(9-18(17)28-2)10-22-23-19-20-11-15(12-21-19)14-4-6-16(7-5-14)24(25)26/h3-12H,1-2H3,(H,20,21,23)/b22-10-. The van der Waals surface area contributed by atoms with Gasteiger partial charge in [0, 0.05) is 30.1 Å². The summed E-state index contributed by atoms with van der Waals surface area (Å²) in [5, 5.41) is 14.8. The molecule has 0 unspecified atom stereocenters. The van der Waals surface area contributed by atoms with E-state index in [9.17, 15) is 10.1 Å². The van der Waals surface area contributed by atoms with Crippen LogP contribution in [0.3, 0.4) is 0 Å². The first-order valence-corrected chi connectivity index (χ1v) is 8.18. The maximum atomic E-state index is 10.7. The number of benzene rings is 2. The van der Waals surface area contributed by atoms with Crippen LogP contribution in [-0.4, -0.2) is 35.3 Å². The van der Waals surface area contributed by atoms with Gasteiger partial charge < -0.3 is 9.47 Å². The maximum Gasteiger partial charge on any atom is 0.269 e. The molecular weight excluding hydrogens is 362 g/mol. The van der Waals surface area contributed by atoms with E-state index in [0.717, 1.165) is 16.7 Å². The zero-order chi connectivity index (χ0) is 19.9. The fraction of sp³-hybridized carbons (Fsp3) is 0.105. The summed E-state index contributed by atoms with van der Waals surface area (Å²) in [6.07, 6.45) is 4.83. The Morgan fingerprint density at radius 3 is 2.29 bits per heavy atom. The monoisotopic (exact) mass is 379 g/mol. The number of non-ortho nitro benzene ring substituents is 1. The Hall–Kier alpha value is -4.01. The average molecular weight is 379 g/mol. The number of hydrogen-bond donors (Lipinski definition) is 1. The Labute approximate surface area is 160 Å². The Morgan fingerprint density at radius 2 is 1.68 bits per heavy atom. The number of nitro benzene ring substituents is 1. The quantitative estimate of drug-likeness (QED) is 0.380. The lowest BCUT2D eigenvalue weighted by Crippen LogP contribution is -1.97. The highest BCUT2D eigenvalue weighted by Gasteiger charge is 2.06. The van der Waals surface area contributed by atoms with Gasteiger partial charge in [0.1, 0.15) is 0 Å². The van der Waals surface area contributed by atoms with Crippen molar-refractivity contribution in [2.45, 2.75) is 0 Å². The molecule has 0 amide bonds. The van der Waals surface area contributed by atoms with Crippen LogP contribution in [-0.2, 0) is 0 Å². The molecule has 0 aliphatic rings. The molecule has 1 N–H and O–H groups in total. The third-order valence-electron chi connectivity index (χ3n) is 3.85. The molecule has 0 aliphatic heterocycles. The van der Waals surface area contributed by atoms with Crippen LogP contribution in [0, 0.1) is 10.1 Å². The molecule has 0 saturated heterocycles. The SMILES string of the molecule is COc1ccc(/C=N\Nc2ncc(-c3ccc([N+](=O)[O-])cc3)cn2)cc1OC. The van der Waals surface area contributed by atoms with Crippen LogP contribution in [0.25, 0.3) is 11.1 Å². The molecule has 1 aromatic heterocycles. The van der Waals surface area contributed by atoms with Crippen molar-refractivity contribution in [3.63, 3.8) is 0 Å². The molecule has 0 saturated carbocycles. The molecular formula is C19H17N5O4. The summed E-state index contributed by atoms with van der Waals surface area (Å²) in [4.78, 5) is 18.7. The number of anilines is 1. The van der Waals surface area contributed by atoms with E-state index in [1.165, 1.54) is 12.1 Å². The Balaban J connectivity index is 1.66. The van der Waals surface area contributed by atoms with Crippen molar-refractivity contribution in [2.75, 3.05) is 19.6 Å². The number of rotatable bonds is 7. The van der Waals surface area contributed by atoms with Crippen LogP contribution in [0.1, 0.15) is 5.56 Å². The summed E-state index contributed by atoms with van der Waals surface area (Å²) in [5.41, 5.74) is 5.12. The van der Waals surface area contributed by atoms with E-state index < -0.39 is 4.92 Å². The van der Waals surface area contributed by atoms with Gasteiger partial charge in [0.15, 0.2) is 11.5 Å². The van der Waals surface area contributed by atoms with Gasteiger partial charge in [-0.15, -0.1) is 0 Å². The van der Waals surface area contributed by atoms with Gasteiger partial charge >= 0.3 is 0 Å². The fourth-order valence-corrected chi connectivity index (χ4v) is 2.41. The van der Waals surface area contributed by atoms with E-state index in [1.54, 1.807) is 57.1 Å². The lowest BCUT2D eigenvalue weighted by Gasteiger charge is -2.07. The summed E-state index contributed by atoms with van der Waals surface area (Å²) in [6, 6.07) is 11.6. The second kappa shape index (κ2) is 8.58. The number of nitrogens with one attached hydrogen (secondary N) is 1. The number of ether oxygens (including phenoxy) is 2. The zero-order valence-corrected chi connectivity index (χ0v) is 15.2. The third-order valence-corrected chi connectivity index (χ3v) is 3.85. The molecule has 0 bridgehead atoms. The van der Waals surface area contributed by atoms with Crippen molar-refractivity contribution in [2.24, 2.45) is 5.10 Å². The van der Waals surface area contributed by atoms with Crippen LogP contribution < -0.4 is 14.9 Å². The number of methoxy groups -OCH3 is 2. The molecule has 0 fully saturated rings. The summed E-state index contributed by atoms with van der Waals surface area (Å²) in [6.45, 7) is 0. The first-order valence-electron chi connectivity index (χ1n) is 8.18. The van der Waals surface area contributed by atoms with Crippen molar-refractivity contribution >= 4 is 17.9 Å². The Morgan fingerprint density at radius 1 is 1.00 bits per heavy atom. The topological polar surface area (TPSA) is 112 Å². The van der Waals surface area contributed by atoms with Crippen molar-refractivity contribution < 1.29 is 14.4 Å². The van der Waals surface area contributed by atoms with Gasteiger partial charge in [-0.25, -0.2) is 15.4 Å². The lowest BCUT2D eigenvalue weighted by atomic mass is 10.1. The third kappa shape index (κ3) is 4.39. The normalized spacial score (nSPS) is 10.6. The molecule has 9 heteroatoms. The molecule has 3 rings (SSSR count). The Bertz CT molecular complexity index is 988. The van der Waals surface area contributed by atoms with Crippen molar-refractivity contribution in [3.05, 3.63) is 70.5 Å². The van der Waals surface area contributed by atoms with Gasteiger partial charge in [0.05, 0.1) is 25.4 Å². The minimum atomic E-state index is -0.441. The molecule has 3 aromatic rings. The molecule has 0 spiro atoms. The minimum absolute atomic E-state index is 0.0347. The predicted octanol–water partition coefficient (Wildman–Crippen LogP) is 3.52. The highest BCUT2D eigenvalue weighted by Crippen LogP contribution is 2.27. The average Bonchev–Trinajstić information content (AvgIpc) is 2.74. The number of hydrazone groups is 1.